The van der Waals surface area contributed by atoms with Gasteiger partial charge in [-0.15, -0.1) is 0 Å². The number of hydrogen-bond donors (Lipinski definition) is 2. The SMILES string of the molecule is Cc1cc([C@H]2[C@H](c3ccccn3)NC(=S)N2CCC(=O)Nc2cccc3ccccc23)c(C)n1C1CCCC1. The molecule has 0 bridgehead atoms. The molecule has 7 heteroatoms. The number of carbonyl (C=O) groups excluding carboxylic acids is 1. The largest absolute Gasteiger partial charge is 0.352 e. The van der Waals surface area contributed by atoms with Crippen molar-refractivity contribution in [3.05, 3.63) is 95.6 Å². The predicted octanol–water partition coefficient (Wildman–Crippen LogP) is 6.77. The highest BCUT2D eigenvalue weighted by atomic mass is 32.1. The van der Waals surface area contributed by atoms with Crippen LogP contribution in [-0.4, -0.2) is 32.0 Å². The molecule has 2 aliphatic rings. The standard InChI is InChI=1S/C32H35N5OS/c1-21-20-26(22(2)37(21)24-12-4-5-13-24)31-30(28-15-7-8-18-33-28)35-32(39)36(31)19-17-29(38)34-27-16-9-11-23-10-3-6-14-25(23)27/h3,6-11,14-16,18,20,24,30-31H,4-5,12-13,17,19H2,1-2H3,(H,34,38)(H,35,39)/t30-,31-/m0/s1. The first kappa shape index (κ1) is 25.6. The summed E-state index contributed by atoms with van der Waals surface area (Å²) in [4.78, 5) is 20.1. The molecular weight excluding hydrogens is 502 g/mol. The molecule has 2 aromatic carbocycles. The monoisotopic (exact) mass is 537 g/mol. The van der Waals surface area contributed by atoms with Crippen LogP contribution in [-0.2, 0) is 4.79 Å². The Kier molecular flexibility index (Phi) is 7.09. The molecule has 1 aliphatic carbocycles. The van der Waals surface area contributed by atoms with Crippen LogP contribution in [0.1, 0.15) is 72.9 Å². The van der Waals surface area contributed by atoms with E-state index in [0.717, 1.165) is 22.2 Å². The van der Waals surface area contributed by atoms with Crippen LogP contribution >= 0.6 is 12.2 Å². The highest BCUT2D eigenvalue weighted by Crippen LogP contribution is 2.43. The molecule has 1 saturated carbocycles. The first-order chi connectivity index (χ1) is 19.0. The van der Waals surface area contributed by atoms with E-state index in [1.165, 1.54) is 42.6 Å². The van der Waals surface area contributed by atoms with Crippen molar-refractivity contribution in [1.29, 1.82) is 0 Å². The Labute approximate surface area is 235 Å². The Bertz CT molecular complexity index is 1500. The zero-order valence-corrected chi connectivity index (χ0v) is 23.4. The fourth-order valence-electron chi connectivity index (χ4n) is 6.58. The van der Waals surface area contributed by atoms with E-state index in [0.29, 0.717) is 24.1 Å². The third-order valence-electron chi connectivity index (χ3n) is 8.37. The second-order valence-electron chi connectivity index (χ2n) is 10.8. The van der Waals surface area contributed by atoms with Gasteiger partial charge in [-0.05, 0) is 74.1 Å². The van der Waals surface area contributed by atoms with Crippen LogP contribution in [0.4, 0.5) is 5.69 Å². The molecule has 0 unspecified atom stereocenters. The molecule has 1 saturated heterocycles. The van der Waals surface area contributed by atoms with Gasteiger partial charge in [-0.25, -0.2) is 0 Å². The van der Waals surface area contributed by atoms with Gasteiger partial charge in [0.1, 0.15) is 0 Å². The minimum absolute atomic E-state index is 0.0226. The maximum atomic E-state index is 13.2. The molecule has 2 aromatic heterocycles. The number of hydrogen-bond acceptors (Lipinski definition) is 3. The van der Waals surface area contributed by atoms with Gasteiger partial charge in [0, 0.05) is 47.7 Å². The van der Waals surface area contributed by atoms with Crippen molar-refractivity contribution in [3.63, 3.8) is 0 Å². The van der Waals surface area contributed by atoms with Crippen molar-refractivity contribution >= 4 is 39.7 Å². The molecule has 6 rings (SSSR count). The Morgan fingerprint density at radius 2 is 1.82 bits per heavy atom. The number of thiocarbonyl (C=S) groups is 1. The number of rotatable bonds is 7. The van der Waals surface area contributed by atoms with Crippen LogP contribution in [0.2, 0.25) is 0 Å². The van der Waals surface area contributed by atoms with Crippen molar-refractivity contribution in [1.82, 2.24) is 19.8 Å². The molecule has 0 radical (unpaired) electrons. The molecule has 6 nitrogen and oxygen atoms in total. The first-order valence-corrected chi connectivity index (χ1v) is 14.4. The number of anilines is 1. The summed E-state index contributed by atoms with van der Waals surface area (Å²) in [7, 11) is 0. The Hall–Kier alpha value is -3.71. The van der Waals surface area contributed by atoms with E-state index in [1.54, 1.807) is 0 Å². The summed E-state index contributed by atoms with van der Waals surface area (Å²) in [6.45, 7) is 4.97. The number of nitrogens with zero attached hydrogens (tertiary/aromatic N) is 3. The van der Waals surface area contributed by atoms with Gasteiger partial charge in [-0.3, -0.25) is 9.78 Å². The predicted molar refractivity (Wildman–Crippen MR) is 161 cm³/mol. The van der Waals surface area contributed by atoms with Crippen molar-refractivity contribution in [3.8, 4) is 0 Å². The minimum Gasteiger partial charge on any atom is -0.352 e. The van der Waals surface area contributed by atoms with Gasteiger partial charge in [0.25, 0.3) is 0 Å². The molecule has 1 aliphatic heterocycles. The van der Waals surface area contributed by atoms with E-state index in [1.807, 2.05) is 48.7 Å². The average Bonchev–Trinajstić information content (AvgIpc) is 3.66. The summed E-state index contributed by atoms with van der Waals surface area (Å²) < 4.78 is 2.53. The quantitative estimate of drug-likeness (QED) is 0.255. The number of benzene rings is 2. The highest BCUT2D eigenvalue weighted by Gasteiger charge is 2.41. The van der Waals surface area contributed by atoms with E-state index in [-0.39, 0.29) is 18.0 Å². The van der Waals surface area contributed by atoms with E-state index in [4.69, 9.17) is 12.2 Å². The van der Waals surface area contributed by atoms with Crippen LogP contribution in [0.5, 0.6) is 0 Å². The smallest absolute Gasteiger partial charge is 0.226 e. The molecule has 200 valence electrons. The number of fused-ring (bicyclic) bond motifs is 1. The lowest BCUT2D eigenvalue weighted by molar-refractivity contribution is -0.116. The van der Waals surface area contributed by atoms with Crippen LogP contribution in [0.15, 0.2) is 72.9 Å². The minimum atomic E-state index is -0.0858. The third kappa shape index (κ3) is 4.91. The van der Waals surface area contributed by atoms with Gasteiger partial charge in [0.2, 0.25) is 5.91 Å². The number of pyridine rings is 1. The highest BCUT2D eigenvalue weighted by molar-refractivity contribution is 7.80. The number of aromatic nitrogens is 2. The second-order valence-corrected chi connectivity index (χ2v) is 11.2. The van der Waals surface area contributed by atoms with E-state index >= 15 is 0 Å². The van der Waals surface area contributed by atoms with Crippen molar-refractivity contribution in [2.75, 3.05) is 11.9 Å². The Morgan fingerprint density at radius 1 is 1.05 bits per heavy atom. The van der Waals surface area contributed by atoms with Gasteiger partial charge < -0.3 is 20.1 Å². The van der Waals surface area contributed by atoms with Gasteiger partial charge in [-0.2, -0.15) is 0 Å². The lowest BCUT2D eigenvalue weighted by Crippen LogP contribution is -2.33. The fourth-order valence-corrected chi connectivity index (χ4v) is 6.91. The molecule has 1 amide bonds. The number of amides is 1. The van der Waals surface area contributed by atoms with Gasteiger partial charge in [-0.1, -0.05) is 55.3 Å². The van der Waals surface area contributed by atoms with Crippen LogP contribution < -0.4 is 10.6 Å². The first-order valence-electron chi connectivity index (χ1n) is 14.0. The van der Waals surface area contributed by atoms with Gasteiger partial charge in [0.05, 0.1) is 17.8 Å². The summed E-state index contributed by atoms with van der Waals surface area (Å²) in [5.41, 5.74) is 5.64. The number of nitrogens with one attached hydrogen (secondary N) is 2. The summed E-state index contributed by atoms with van der Waals surface area (Å²) >= 11 is 5.88. The Morgan fingerprint density at radius 3 is 2.62 bits per heavy atom. The normalized spacial score (nSPS) is 19.5. The summed E-state index contributed by atoms with van der Waals surface area (Å²) in [6, 6.07) is 22.9. The van der Waals surface area contributed by atoms with Crippen molar-refractivity contribution in [2.24, 2.45) is 0 Å². The van der Waals surface area contributed by atoms with Crippen LogP contribution in [0.25, 0.3) is 10.8 Å². The third-order valence-corrected chi connectivity index (χ3v) is 8.73. The van der Waals surface area contributed by atoms with E-state index in [2.05, 4.69) is 63.2 Å². The van der Waals surface area contributed by atoms with Gasteiger partial charge in [0.15, 0.2) is 5.11 Å². The fraction of sp³-hybridized carbons (Fsp3) is 0.344. The van der Waals surface area contributed by atoms with E-state index in [9.17, 15) is 4.79 Å². The summed E-state index contributed by atoms with van der Waals surface area (Å²) in [5, 5.41) is 9.50. The van der Waals surface area contributed by atoms with Crippen molar-refractivity contribution < 1.29 is 4.79 Å². The van der Waals surface area contributed by atoms with Crippen LogP contribution in [0, 0.1) is 13.8 Å². The summed E-state index contributed by atoms with van der Waals surface area (Å²) in [6.07, 6.45) is 7.22. The zero-order chi connectivity index (χ0) is 26.9. The maximum absolute atomic E-state index is 13.2. The van der Waals surface area contributed by atoms with E-state index < -0.39 is 0 Å². The Balaban J connectivity index is 1.28. The average molecular weight is 538 g/mol. The lowest BCUT2D eigenvalue weighted by atomic mass is 9.96. The maximum Gasteiger partial charge on any atom is 0.226 e. The van der Waals surface area contributed by atoms with Crippen LogP contribution in [0.3, 0.4) is 0 Å². The zero-order valence-electron chi connectivity index (χ0n) is 22.6. The van der Waals surface area contributed by atoms with Crippen molar-refractivity contribution in [2.45, 2.75) is 64.1 Å². The molecule has 39 heavy (non-hydrogen) atoms. The number of aryl methyl sites for hydroxylation is 1. The molecule has 2 atom stereocenters. The molecular formula is C32H35N5OS. The lowest BCUT2D eigenvalue weighted by Gasteiger charge is -2.28. The second kappa shape index (κ2) is 10.8. The molecule has 2 fully saturated rings. The number of carbonyl (C=O) groups is 1. The topological polar surface area (TPSA) is 62.2 Å². The summed E-state index contributed by atoms with van der Waals surface area (Å²) in [5.74, 6) is -0.0226. The molecule has 3 heterocycles. The molecule has 2 N–H and O–H groups in total. The molecule has 0 spiro atoms. The van der Waals surface area contributed by atoms with Gasteiger partial charge >= 0.3 is 0 Å². The molecule has 4 aromatic rings.